The van der Waals surface area contributed by atoms with Gasteiger partial charge in [-0.25, -0.2) is 13.8 Å². The van der Waals surface area contributed by atoms with Crippen LogP contribution in [0.3, 0.4) is 0 Å². The van der Waals surface area contributed by atoms with Gasteiger partial charge in [-0.3, -0.25) is 9.10 Å². The molecule has 0 spiro atoms. The summed E-state index contributed by atoms with van der Waals surface area (Å²) in [6.07, 6.45) is 2.77. The van der Waals surface area contributed by atoms with Crippen molar-refractivity contribution in [3.63, 3.8) is 0 Å². The average molecular weight is 448 g/mol. The van der Waals surface area contributed by atoms with Gasteiger partial charge in [-0.15, -0.1) is 0 Å². The summed E-state index contributed by atoms with van der Waals surface area (Å²) < 4.78 is 37.6. The number of methoxy groups -OCH3 is 1. The summed E-state index contributed by atoms with van der Waals surface area (Å²) in [5.41, 5.74) is 2.53. The zero-order chi connectivity index (χ0) is 21.6. The Labute approximate surface area is 178 Å². The Morgan fingerprint density at radius 1 is 1.20 bits per heavy atom. The quantitative estimate of drug-likeness (QED) is 0.421. The molecule has 8 nitrogen and oxygen atoms in total. The van der Waals surface area contributed by atoms with Gasteiger partial charge in [-0.1, -0.05) is 17.7 Å². The van der Waals surface area contributed by atoms with E-state index in [0.29, 0.717) is 16.5 Å². The van der Waals surface area contributed by atoms with Crippen LogP contribution in [0.5, 0.6) is 5.75 Å². The monoisotopic (exact) mass is 447 g/mol. The van der Waals surface area contributed by atoms with E-state index < -0.39 is 22.5 Å². The second-order valence-electron chi connectivity index (χ2n) is 5.98. The van der Waals surface area contributed by atoms with Gasteiger partial charge in [-0.2, -0.15) is 5.10 Å². The molecule has 0 saturated carbocycles. The van der Waals surface area contributed by atoms with Gasteiger partial charge < -0.3 is 9.15 Å². The number of carbonyl (C=O) groups is 1. The first-order valence-corrected chi connectivity index (χ1v) is 10.5. The number of sulfonamides is 1. The third kappa shape index (κ3) is 5.19. The van der Waals surface area contributed by atoms with Gasteiger partial charge in [0.1, 0.15) is 18.1 Å². The Morgan fingerprint density at radius 2 is 1.97 bits per heavy atom. The fourth-order valence-electron chi connectivity index (χ4n) is 2.52. The first-order chi connectivity index (χ1) is 14.4. The summed E-state index contributed by atoms with van der Waals surface area (Å²) in [6, 6.07) is 15.4. The van der Waals surface area contributed by atoms with E-state index in [9.17, 15) is 13.2 Å². The molecule has 0 fully saturated rings. The Hall–Kier alpha value is -3.30. The molecule has 1 amide bonds. The van der Waals surface area contributed by atoms with Crippen molar-refractivity contribution >= 4 is 39.4 Å². The second-order valence-corrected chi connectivity index (χ2v) is 8.27. The SMILES string of the molecule is COc1ccc(S(=O)(=O)N(CC(=O)N/N=C\c2ccco2)c2cccc(Cl)c2)cc1. The molecule has 0 atom stereocenters. The molecular weight excluding hydrogens is 430 g/mol. The highest BCUT2D eigenvalue weighted by atomic mass is 35.5. The van der Waals surface area contributed by atoms with Crippen molar-refractivity contribution < 1.29 is 22.4 Å². The minimum Gasteiger partial charge on any atom is -0.497 e. The molecule has 1 heterocycles. The smallest absolute Gasteiger partial charge is 0.264 e. The fraction of sp³-hybridized carbons (Fsp3) is 0.100. The highest BCUT2D eigenvalue weighted by Gasteiger charge is 2.27. The summed E-state index contributed by atoms with van der Waals surface area (Å²) >= 11 is 6.03. The maximum absolute atomic E-state index is 13.2. The third-order valence-electron chi connectivity index (χ3n) is 3.96. The number of amides is 1. The van der Waals surface area contributed by atoms with Crippen molar-refractivity contribution in [1.82, 2.24) is 5.43 Å². The molecule has 0 unspecified atom stereocenters. The number of anilines is 1. The zero-order valence-corrected chi connectivity index (χ0v) is 17.4. The number of nitrogens with one attached hydrogen (secondary N) is 1. The zero-order valence-electron chi connectivity index (χ0n) is 15.9. The van der Waals surface area contributed by atoms with Crippen LogP contribution >= 0.6 is 11.6 Å². The van der Waals surface area contributed by atoms with Crippen molar-refractivity contribution in [2.45, 2.75) is 4.90 Å². The molecule has 1 N–H and O–H groups in total. The third-order valence-corrected chi connectivity index (χ3v) is 5.98. The number of ether oxygens (including phenoxy) is 1. The summed E-state index contributed by atoms with van der Waals surface area (Å²) in [5.74, 6) is 0.302. The largest absolute Gasteiger partial charge is 0.497 e. The number of rotatable bonds is 8. The lowest BCUT2D eigenvalue weighted by Gasteiger charge is -2.24. The maximum atomic E-state index is 13.2. The highest BCUT2D eigenvalue weighted by molar-refractivity contribution is 7.92. The van der Waals surface area contributed by atoms with E-state index in [1.807, 2.05) is 0 Å². The van der Waals surface area contributed by atoms with Crippen LogP contribution in [0.2, 0.25) is 5.02 Å². The van der Waals surface area contributed by atoms with Gasteiger partial charge in [0.15, 0.2) is 0 Å². The molecule has 156 valence electrons. The molecule has 0 saturated heterocycles. The number of hydrazone groups is 1. The van der Waals surface area contributed by atoms with Crippen LogP contribution in [0.25, 0.3) is 0 Å². The summed E-state index contributed by atoms with van der Waals surface area (Å²) in [4.78, 5) is 12.4. The standard InChI is InChI=1S/C20H18ClN3O5S/c1-28-17-7-9-19(10-8-17)30(26,27)24(16-5-2-4-15(21)12-16)14-20(25)23-22-13-18-6-3-11-29-18/h2-13H,14H2,1H3,(H,23,25)/b22-13-. The molecule has 0 radical (unpaired) electrons. The van der Waals surface area contributed by atoms with E-state index >= 15 is 0 Å². The molecule has 2 aromatic carbocycles. The summed E-state index contributed by atoms with van der Waals surface area (Å²) in [6.45, 7) is -0.510. The van der Waals surface area contributed by atoms with E-state index in [0.717, 1.165) is 4.31 Å². The van der Waals surface area contributed by atoms with Gasteiger partial charge >= 0.3 is 0 Å². The number of carbonyl (C=O) groups excluding carboxylic acids is 1. The lowest BCUT2D eigenvalue weighted by Crippen LogP contribution is -2.39. The number of furan rings is 1. The Balaban J connectivity index is 1.87. The van der Waals surface area contributed by atoms with Gasteiger partial charge in [-0.05, 0) is 54.6 Å². The molecule has 3 rings (SSSR count). The van der Waals surface area contributed by atoms with Crippen LogP contribution in [0.4, 0.5) is 5.69 Å². The highest BCUT2D eigenvalue weighted by Crippen LogP contribution is 2.27. The van der Waals surface area contributed by atoms with Crippen LogP contribution < -0.4 is 14.5 Å². The van der Waals surface area contributed by atoms with E-state index in [1.54, 1.807) is 30.3 Å². The van der Waals surface area contributed by atoms with Crippen LogP contribution in [0.15, 0.2) is 81.3 Å². The molecule has 3 aromatic rings. The topological polar surface area (TPSA) is 101 Å². The normalized spacial score (nSPS) is 11.4. The van der Waals surface area contributed by atoms with E-state index in [4.69, 9.17) is 20.8 Å². The Morgan fingerprint density at radius 3 is 2.60 bits per heavy atom. The van der Waals surface area contributed by atoms with Gasteiger partial charge in [0.2, 0.25) is 0 Å². The summed E-state index contributed by atoms with van der Waals surface area (Å²) in [7, 11) is -2.59. The van der Waals surface area contributed by atoms with E-state index in [1.165, 1.54) is 49.9 Å². The van der Waals surface area contributed by atoms with Crippen LogP contribution in [0, 0.1) is 0 Å². The first-order valence-electron chi connectivity index (χ1n) is 8.68. The van der Waals surface area contributed by atoms with Crippen molar-refractivity contribution in [2.24, 2.45) is 5.10 Å². The number of hydrogen-bond acceptors (Lipinski definition) is 6. The average Bonchev–Trinajstić information content (AvgIpc) is 3.25. The van der Waals surface area contributed by atoms with Crippen LogP contribution in [-0.2, 0) is 14.8 Å². The molecule has 0 aliphatic heterocycles. The molecule has 0 aliphatic carbocycles. The minimum absolute atomic E-state index is 0.00448. The summed E-state index contributed by atoms with van der Waals surface area (Å²) in [5, 5.41) is 4.11. The van der Waals surface area contributed by atoms with Crippen molar-refractivity contribution in [2.75, 3.05) is 18.0 Å². The lowest BCUT2D eigenvalue weighted by atomic mass is 10.3. The second kappa shape index (κ2) is 9.47. The first kappa shape index (κ1) is 21.4. The molecule has 0 aliphatic rings. The van der Waals surface area contributed by atoms with E-state index in [-0.39, 0.29) is 10.6 Å². The van der Waals surface area contributed by atoms with Crippen molar-refractivity contribution in [1.29, 1.82) is 0 Å². The van der Waals surface area contributed by atoms with Gasteiger partial charge in [0.25, 0.3) is 15.9 Å². The van der Waals surface area contributed by atoms with Gasteiger partial charge in [0.05, 0.1) is 30.2 Å². The van der Waals surface area contributed by atoms with Crippen molar-refractivity contribution in [3.05, 3.63) is 77.7 Å². The molecule has 30 heavy (non-hydrogen) atoms. The maximum Gasteiger partial charge on any atom is 0.264 e. The number of nitrogens with zero attached hydrogens (tertiary/aromatic N) is 2. The predicted molar refractivity (Wildman–Crippen MR) is 113 cm³/mol. The molecule has 0 bridgehead atoms. The molecule has 1 aromatic heterocycles. The fourth-order valence-corrected chi connectivity index (χ4v) is 4.12. The van der Waals surface area contributed by atoms with Crippen molar-refractivity contribution in [3.8, 4) is 5.75 Å². The minimum atomic E-state index is -4.07. The van der Waals surface area contributed by atoms with Crippen LogP contribution in [0.1, 0.15) is 5.76 Å². The van der Waals surface area contributed by atoms with E-state index in [2.05, 4.69) is 10.5 Å². The Bertz CT molecular complexity index is 1130. The Kier molecular flexibility index (Phi) is 6.76. The lowest BCUT2D eigenvalue weighted by molar-refractivity contribution is -0.119. The number of benzene rings is 2. The molecule has 10 heteroatoms. The predicted octanol–water partition coefficient (Wildman–Crippen LogP) is 3.29. The number of hydrogen-bond donors (Lipinski definition) is 1. The molecular formula is C20H18ClN3O5S. The van der Waals surface area contributed by atoms with Crippen LogP contribution in [-0.4, -0.2) is 34.2 Å². The van der Waals surface area contributed by atoms with Gasteiger partial charge in [0, 0.05) is 5.02 Å². The number of halogens is 1.